The summed E-state index contributed by atoms with van der Waals surface area (Å²) in [7, 11) is -3.41. The second-order valence-electron chi connectivity index (χ2n) is 7.24. The molecular formula is C21H25F2N3O4S. The monoisotopic (exact) mass is 453 g/mol. The molecule has 2 aromatic carbocycles. The highest BCUT2D eigenvalue weighted by molar-refractivity contribution is 7.92. The molecule has 10 heteroatoms. The van der Waals surface area contributed by atoms with E-state index < -0.39 is 27.6 Å². The summed E-state index contributed by atoms with van der Waals surface area (Å²) in [5.41, 5.74) is 0.701. The highest BCUT2D eigenvalue weighted by Crippen LogP contribution is 2.16. The van der Waals surface area contributed by atoms with Crippen LogP contribution in [0.2, 0.25) is 0 Å². The Bertz CT molecular complexity index is 1050. The summed E-state index contributed by atoms with van der Waals surface area (Å²) in [5, 5.41) is 0. The smallest absolute Gasteiger partial charge is 0.254 e. The Kier molecular flexibility index (Phi) is 6.89. The van der Waals surface area contributed by atoms with Gasteiger partial charge >= 0.3 is 0 Å². The van der Waals surface area contributed by atoms with Gasteiger partial charge in [-0.25, -0.2) is 17.2 Å². The number of rotatable bonds is 6. The fourth-order valence-corrected chi connectivity index (χ4v) is 4.47. The molecule has 0 bridgehead atoms. The number of amides is 2. The molecule has 7 nitrogen and oxygen atoms in total. The minimum Gasteiger partial charge on any atom is -0.335 e. The summed E-state index contributed by atoms with van der Waals surface area (Å²) in [6.07, 6.45) is 0.495. The van der Waals surface area contributed by atoms with E-state index in [0.717, 1.165) is 12.1 Å². The highest BCUT2D eigenvalue weighted by atomic mass is 32.2. The van der Waals surface area contributed by atoms with Gasteiger partial charge in [0.2, 0.25) is 10.0 Å². The van der Waals surface area contributed by atoms with Crippen LogP contribution >= 0.6 is 0 Å². The predicted octanol–water partition coefficient (Wildman–Crippen LogP) is 2.96. The van der Waals surface area contributed by atoms with Crippen molar-refractivity contribution in [2.24, 2.45) is 0 Å². The number of carbonyl (C=O) groups is 2. The maximum Gasteiger partial charge on any atom is 0.254 e. The van der Waals surface area contributed by atoms with E-state index in [1.807, 2.05) is 0 Å². The van der Waals surface area contributed by atoms with Crippen molar-refractivity contribution in [2.45, 2.75) is 13.3 Å². The van der Waals surface area contributed by atoms with Crippen LogP contribution in [0.15, 0.2) is 42.5 Å². The summed E-state index contributed by atoms with van der Waals surface area (Å²) in [6, 6.07) is 8.81. The number of carbonyl (C=O) groups excluding carboxylic acids is 2. The van der Waals surface area contributed by atoms with E-state index in [2.05, 4.69) is 4.72 Å². The van der Waals surface area contributed by atoms with Crippen LogP contribution in [0.5, 0.6) is 0 Å². The van der Waals surface area contributed by atoms with Crippen molar-refractivity contribution in [1.29, 1.82) is 0 Å². The number of hydrogen-bond acceptors (Lipinski definition) is 4. The van der Waals surface area contributed by atoms with Crippen molar-refractivity contribution in [3.05, 3.63) is 65.2 Å². The van der Waals surface area contributed by atoms with E-state index in [-0.39, 0.29) is 44.8 Å². The maximum atomic E-state index is 13.4. The van der Waals surface area contributed by atoms with E-state index in [0.29, 0.717) is 23.7 Å². The van der Waals surface area contributed by atoms with Crippen LogP contribution in [0, 0.1) is 11.6 Å². The second-order valence-corrected chi connectivity index (χ2v) is 9.08. The molecule has 0 radical (unpaired) electrons. The van der Waals surface area contributed by atoms with Crippen molar-refractivity contribution in [3.63, 3.8) is 0 Å². The average molecular weight is 454 g/mol. The van der Waals surface area contributed by atoms with Crippen LogP contribution in [-0.4, -0.2) is 62.0 Å². The number of nitrogens with zero attached hydrogens (tertiary/aromatic N) is 2. The molecule has 2 amide bonds. The van der Waals surface area contributed by atoms with Crippen LogP contribution in [0.4, 0.5) is 14.5 Å². The summed E-state index contributed by atoms with van der Waals surface area (Å²) in [4.78, 5) is 28.2. The minimum atomic E-state index is -3.41. The summed E-state index contributed by atoms with van der Waals surface area (Å²) in [6.45, 7) is 2.78. The van der Waals surface area contributed by atoms with Crippen molar-refractivity contribution < 1.29 is 28.2 Å². The van der Waals surface area contributed by atoms with Crippen LogP contribution in [0.3, 0.4) is 0 Å². The van der Waals surface area contributed by atoms with Crippen LogP contribution in [0.25, 0.3) is 0 Å². The fraction of sp³-hybridized carbons (Fsp3) is 0.333. The van der Waals surface area contributed by atoms with Gasteiger partial charge in [-0.2, -0.15) is 0 Å². The van der Waals surface area contributed by atoms with Gasteiger partial charge in [0.05, 0.1) is 5.75 Å². The number of anilines is 1. The lowest BCUT2D eigenvalue weighted by molar-refractivity contribution is 0.0535. The van der Waals surface area contributed by atoms with Gasteiger partial charge < -0.3 is 9.80 Å². The van der Waals surface area contributed by atoms with Crippen LogP contribution < -0.4 is 4.72 Å². The molecule has 1 heterocycles. The lowest BCUT2D eigenvalue weighted by atomic mass is 10.1. The molecule has 168 valence electrons. The molecular weight excluding hydrogens is 428 g/mol. The van der Waals surface area contributed by atoms with Gasteiger partial charge in [0.25, 0.3) is 11.8 Å². The van der Waals surface area contributed by atoms with Crippen molar-refractivity contribution in [2.75, 3.05) is 36.7 Å². The molecule has 3 rings (SSSR count). The molecule has 0 spiro atoms. The first-order valence-electron chi connectivity index (χ1n) is 9.83. The van der Waals surface area contributed by atoms with Gasteiger partial charge in [0, 0.05) is 50.5 Å². The number of hydrogen-bond donors (Lipinski definition) is 1. The zero-order valence-electron chi connectivity index (χ0n) is 17.0. The van der Waals surface area contributed by atoms with E-state index >= 15 is 0 Å². The highest BCUT2D eigenvalue weighted by Gasteiger charge is 2.26. The zero-order valence-corrected chi connectivity index (χ0v) is 17.8. The molecule has 0 atom stereocenters. The van der Waals surface area contributed by atoms with Crippen LogP contribution in [-0.2, 0) is 10.0 Å². The standard InChI is InChI=1S/C21H23F2N3O4S.H2/c1-2-11-31(29,30)24-19-5-3-15(4-6-19)20(27)25-7-9-26(10-8-25)21(28)16-12-17(22)14-18(23)13-16;/h3-6,12-14,24H,2,7-11H2,1H3;1H. The third-order valence-electron chi connectivity index (χ3n) is 4.84. The Labute approximate surface area is 181 Å². The lowest BCUT2D eigenvalue weighted by Crippen LogP contribution is -2.50. The molecule has 0 aromatic heterocycles. The largest absolute Gasteiger partial charge is 0.335 e. The quantitative estimate of drug-likeness (QED) is 0.729. The van der Waals surface area contributed by atoms with Crippen molar-refractivity contribution in [1.82, 2.24) is 9.80 Å². The fourth-order valence-electron chi connectivity index (χ4n) is 3.34. The molecule has 31 heavy (non-hydrogen) atoms. The molecule has 2 aromatic rings. The molecule has 0 saturated carbocycles. The number of halogens is 2. The third kappa shape index (κ3) is 5.78. The van der Waals surface area contributed by atoms with Crippen LogP contribution in [0.1, 0.15) is 35.5 Å². The van der Waals surface area contributed by atoms with Gasteiger partial charge in [-0.05, 0) is 42.8 Å². The topological polar surface area (TPSA) is 86.8 Å². The third-order valence-corrected chi connectivity index (χ3v) is 6.33. The maximum absolute atomic E-state index is 13.4. The Morgan fingerprint density at radius 2 is 1.39 bits per heavy atom. The molecule has 0 unspecified atom stereocenters. The molecule has 1 saturated heterocycles. The van der Waals surface area contributed by atoms with E-state index in [4.69, 9.17) is 0 Å². The lowest BCUT2D eigenvalue weighted by Gasteiger charge is -2.35. The number of nitrogens with one attached hydrogen (secondary N) is 1. The van der Waals surface area contributed by atoms with Crippen molar-refractivity contribution >= 4 is 27.5 Å². The molecule has 1 fully saturated rings. The molecule has 1 aliphatic rings. The van der Waals surface area contributed by atoms with Crippen molar-refractivity contribution in [3.8, 4) is 0 Å². The molecule has 0 aliphatic carbocycles. The van der Waals surface area contributed by atoms with Gasteiger partial charge in [-0.3, -0.25) is 14.3 Å². The number of sulfonamides is 1. The number of piperazine rings is 1. The zero-order chi connectivity index (χ0) is 22.6. The van der Waals surface area contributed by atoms with E-state index in [1.54, 1.807) is 24.0 Å². The minimum absolute atomic E-state index is 0. The summed E-state index contributed by atoms with van der Waals surface area (Å²) < 4.78 is 52.9. The first kappa shape index (κ1) is 22.7. The van der Waals surface area contributed by atoms with Gasteiger partial charge in [-0.1, -0.05) is 6.92 Å². The first-order valence-corrected chi connectivity index (χ1v) is 11.5. The SMILES string of the molecule is CCCS(=O)(=O)Nc1ccc(C(=O)N2CCN(C(=O)c3cc(F)cc(F)c3)CC2)cc1.[HH]. The van der Waals surface area contributed by atoms with Gasteiger partial charge in [-0.15, -0.1) is 0 Å². The normalized spacial score (nSPS) is 14.4. The molecule has 1 aliphatic heterocycles. The average Bonchev–Trinajstić information content (AvgIpc) is 2.72. The van der Waals surface area contributed by atoms with E-state index in [1.165, 1.54) is 17.0 Å². The summed E-state index contributed by atoms with van der Waals surface area (Å²) in [5.74, 6) is -2.37. The Morgan fingerprint density at radius 3 is 1.87 bits per heavy atom. The Hall–Kier alpha value is -3.01. The Balaban J connectivity index is 0.00000363. The first-order chi connectivity index (χ1) is 14.7. The second kappa shape index (κ2) is 9.42. The number of benzene rings is 2. The Morgan fingerprint density at radius 1 is 0.903 bits per heavy atom. The van der Waals surface area contributed by atoms with E-state index in [9.17, 15) is 26.8 Å². The van der Waals surface area contributed by atoms with Gasteiger partial charge in [0.15, 0.2) is 0 Å². The summed E-state index contributed by atoms with van der Waals surface area (Å²) >= 11 is 0. The predicted molar refractivity (Wildman–Crippen MR) is 114 cm³/mol. The molecule has 1 N–H and O–H groups in total. The van der Waals surface area contributed by atoms with Gasteiger partial charge in [0.1, 0.15) is 11.6 Å².